The molecule has 1 aliphatic carbocycles. The molecule has 4 rings (SSSR count). The lowest BCUT2D eigenvalue weighted by Crippen LogP contribution is -2.63. The van der Waals surface area contributed by atoms with Crippen LogP contribution in [-0.4, -0.2) is 58.5 Å². The van der Waals surface area contributed by atoms with Crippen molar-refractivity contribution >= 4 is 23.4 Å². The number of amides is 2. The van der Waals surface area contributed by atoms with Crippen molar-refractivity contribution in [2.45, 2.75) is 56.5 Å². The number of hydrogen-bond donors (Lipinski definition) is 3. The highest BCUT2D eigenvalue weighted by atomic mass is 35.5. The quantitative estimate of drug-likeness (QED) is 0.538. The molecule has 11 heteroatoms. The van der Waals surface area contributed by atoms with Crippen LogP contribution in [0, 0.1) is 6.92 Å². The SMILES string of the molecule is Cc1ccc(C2(O)CCC(N3CC(NC(=O)CNC(=O)c4cc(C(F)(F)F)ccc4Cl)C3)CC2)cn1. The van der Waals surface area contributed by atoms with Crippen LogP contribution in [0.25, 0.3) is 0 Å². The smallest absolute Gasteiger partial charge is 0.385 e. The third-order valence-corrected chi connectivity index (χ3v) is 7.30. The van der Waals surface area contributed by atoms with Crippen molar-refractivity contribution in [3.63, 3.8) is 0 Å². The van der Waals surface area contributed by atoms with Gasteiger partial charge >= 0.3 is 6.18 Å². The van der Waals surface area contributed by atoms with E-state index in [9.17, 15) is 27.9 Å². The van der Waals surface area contributed by atoms with Gasteiger partial charge in [0.05, 0.1) is 34.3 Å². The van der Waals surface area contributed by atoms with Gasteiger partial charge in [0.1, 0.15) is 0 Å². The number of aryl methyl sites for hydroxylation is 1. The van der Waals surface area contributed by atoms with Gasteiger partial charge < -0.3 is 15.7 Å². The third kappa shape index (κ3) is 5.99. The molecule has 1 saturated carbocycles. The third-order valence-electron chi connectivity index (χ3n) is 6.97. The molecule has 2 fully saturated rings. The molecular formula is C25H28ClF3N4O3. The Balaban J connectivity index is 1.20. The van der Waals surface area contributed by atoms with Crippen LogP contribution in [0.15, 0.2) is 36.5 Å². The zero-order valence-electron chi connectivity index (χ0n) is 19.7. The molecule has 7 nitrogen and oxygen atoms in total. The molecule has 1 saturated heterocycles. The summed E-state index contributed by atoms with van der Waals surface area (Å²) in [6.07, 6.45) is 0.0738. The number of likely N-dealkylation sites (tertiary alicyclic amines) is 1. The van der Waals surface area contributed by atoms with Gasteiger partial charge in [-0.3, -0.25) is 19.5 Å². The minimum atomic E-state index is -4.61. The summed E-state index contributed by atoms with van der Waals surface area (Å²) in [5.74, 6) is -1.28. The lowest BCUT2D eigenvalue weighted by atomic mass is 9.77. The van der Waals surface area contributed by atoms with E-state index in [0.29, 0.717) is 38.0 Å². The van der Waals surface area contributed by atoms with E-state index in [1.807, 2.05) is 19.1 Å². The average Bonchev–Trinajstić information content (AvgIpc) is 2.80. The molecule has 3 N–H and O–H groups in total. The Morgan fingerprint density at radius 1 is 1.19 bits per heavy atom. The Morgan fingerprint density at radius 3 is 2.50 bits per heavy atom. The van der Waals surface area contributed by atoms with E-state index < -0.39 is 29.2 Å². The van der Waals surface area contributed by atoms with Crippen LogP contribution in [0.5, 0.6) is 0 Å². The van der Waals surface area contributed by atoms with Crippen molar-refractivity contribution in [3.05, 3.63) is 63.9 Å². The van der Waals surface area contributed by atoms with Gasteiger partial charge in [0.15, 0.2) is 0 Å². The molecule has 0 radical (unpaired) electrons. The second kappa shape index (κ2) is 10.4. The number of halogens is 4. The van der Waals surface area contributed by atoms with E-state index in [1.165, 1.54) is 0 Å². The first kappa shape index (κ1) is 26.4. The second-order valence-corrected chi connectivity index (χ2v) is 9.95. The molecule has 1 aliphatic heterocycles. The van der Waals surface area contributed by atoms with Crippen LogP contribution in [0.4, 0.5) is 13.2 Å². The summed E-state index contributed by atoms with van der Waals surface area (Å²) in [7, 11) is 0. The average molecular weight is 525 g/mol. The molecule has 194 valence electrons. The van der Waals surface area contributed by atoms with Gasteiger partial charge in [-0.05, 0) is 56.9 Å². The molecule has 2 amide bonds. The molecule has 0 atom stereocenters. The maximum atomic E-state index is 12.9. The van der Waals surface area contributed by atoms with E-state index in [-0.39, 0.29) is 23.2 Å². The van der Waals surface area contributed by atoms with Crippen molar-refractivity contribution < 1.29 is 27.9 Å². The zero-order chi connectivity index (χ0) is 26.1. The maximum absolute atomic E-state index is 12.9. The number of carbonyl (C=O) groups excluding carboxylic acids is 2. The van der Waals surface area contributed by atoms with Crippen LogP contribution < -0.4 is 10.6 Å². The van der Waals surface area contributed by atoms with Crippen molar-refractivity contribution in [3.8, 4) is 0 Å². The topological polar surface area (TPSA) is 94.6 Å². The highest BCUT2D eigenvalue weighted by Crippen LogP contribution is 2.39. The highest BCUT2D eigenvalue weighted by Gasteiger charge is 2.40. The Hall–Kier alpha value is -2.69. The van der Waals surface area contributed by atoms with Crippen molar-refractivity contribution in [1.29, 1.82) is 0 Å². The Kier molecular flexibility index (Phi) is 7.59. The molecule has 36 heavy (non-hydrogen) atoms. The molecular weight excluding hydrogens is 497 g/mol. The van der Waals surface area contributed by atoms with Crippen LogP contribution in [-0.2, 0) is 16.6 Å². The van der Waals surface area contributed by atoms with Crippen molar-refractivity contribution in [2.24, 2.45) is 0 Å². The van der Waals surface area contributed by atoms with Gasteiger partial charge in [-0.1, -0.05) is 17.7 Å². The molecule has 2 aromatic rings. The number of aromatic nitrogens is 1. The minimum Gasteiger partial charge on any atom is -0.385 e. The number of carbonyl (C=O) groups is 2. The largest absolute Gasteiger partial charge is 0.416 e. The van der Waals surface area contributed by atoms with E-state index in [0.717, 1.165) is 36.2 Å². The first-order valence-corrected chi connectivity index (χ1v) is 12.2. The molecule has 0 bridgehead atoms. The normalized spacial score (nSPS) is 23.1. The van der Waals surface area contributed by atoms with Crippen molar-refractivity contribution in [1.82, 2.24) is 20.5 Å². The molecule has 0 unspecified atom stereocenters. The second-order valence-electron chi connectivity index (χ2n) is 9.54. The number of alkyl halides is 3. The van der Waals surface area contributed by atoms with Gasteiger partial charge in [0.25, 0.3) is 5.91 Å². The first-order valence-electron chi connectivity index (χ1n) is 11.8. The zero-order valence-corrected chi connectivity index (χ0v) is 20.5. The number of hydrogen-bond acceptors (Lipinski definition) is 5. The maximum Gasteiger partial charge on any atom is 0.416 e. The minimum absolute atomic E-state index is 0.0753. The van der Waals surface area contributed by atoms with E-state index >= 15 is 0 Å². The monoisotopic (exact) mass is 524 g/mol. The summed E-state index contributed by atoms with van der Waals surface area (Å²) in [5, 5.41) is 16.1. The molecule has 1 aromatic heterocycles. The van der Waals surface area contributed by atoms with E-state index in [2.05, 4.69) is 20.5 Å². The van der Waals surface area contributed by atoms with Gasteiger partial charge in [-0.2, -0.15) is 13.2 Å². The van der Waals surface area contributed by atoms with Crippen LogP contribution in [0.2, 0.25) is 5.02 Å². The molecule has 0 spiro atoms. The van der Waals surface area contributed by atoms with Gasteiger partial charge in [-0.25, -0.2) is 0 Å². The lowest BCUT2D eigenvalue weighted by Gasteiger charge is -2.48. The summed E-state index contributed by atoms with van der Waals surface area (Å²) in [6.45, 7) is 2.86. The van der Waals surface area contributed by atoms with E-state index in [4.69, 9.17) is 11.6 Å². The van der Waals surface area contributed by atoms with Crippen LogP contribution in [0.1, 0.15) is 52.9 Å². The Labute approximate surface area is 212 Å². The summed E-state index contributed by atoms with van der Waals surface area (Å²) < 4.78 is 38.7. The summed E-state index contributed by atoms with van der Waals surface area (Å²) in [6, 6.07) is 6.54. The summed E-state index contributed by atoms with van der Waals surface area (Å²) >= 11 is 5.87. The number of rotatable bonds is 6. The van der Waals surface area contributed by atoms with Gasteiger partial charge in [0.2, 0.25) is 5.91 Å². The fourth-order valence-electron chi connectivity index (χ4n) is 4.79. The standard InChI is InChI=1S/C25H28ClF3N4O3/c1-15-2-3-17(11-30-15)24(36)8-6-19(7-9-24)33-13-18(14-33)32-22(34)12-31-23(35)20-10-16(25(27,28)29)4-5-21(20)26/h2-5,10-11,18-19,36H,6-9,12-14H2,1H3,(H,31,35)(H,32,34). The fourth-order valence-corrected chi connectivity index (χ4v) is 4.99. The highest BCUT2D eigenvalue weighted by molar-refractivity contribution is 6.33. The van der Waals surface area contributed by atoms with Gasteiger partial charge in [-0.15, -0.1) is 0 Å². The molecule has 2 heterocycles. The summed E-state index contributed by atoms with van der Waals surface area (Å²) in [5.41, 5.74) is -0.450. The Morgan fingerprint density at radius 2 is 1.89 bits per heavy atom. The number of nitrogens with zero attached hydrogens (tertiary/aromatic N) is 2. The number of nitrogens with one attached hydrogen (secondary N) is 2. The predicted molar refractivity (Wildman–Crippen MR) is 127 cm³/mol. The van der Waals surface area contributed by atoms with Gasteiger partial charge in [0, 0.05) is 36.6 Å². The Bertz CT molecular complexity index is 1110. The van der Waals surface area contributed by atoms with E-state index in [1.54, 1.807) is 6.20 Å². The lowest BCUT2D eigenvalue weighted by molar-refractivity contribution is -0.137. The number of pyridine rings is 1. The fraction of sp³-hybridized carbons (Fsp3) is 0.480. The first-order chi connectivity index (χ1) is 16.9. The number of aliphatic hydroxyl groups is 1. The van der Waals surface area contributed by atoms with Crippen LogP contribution in [0.3, 0.4) is 0 Å². The summed E-state index contributed by atoms with van der Waals surface area (Å²) in [4.78, 5) is 31.1. The predicted octanol–water partition coefficient (Wildman–Crippen LogP) is 3.42. The molecule has 1 aromatic carbocycles. The molecule has 2 aliphatic rings. The number of benzene rings is 1. The van der Waals surface area contributed by atoms with Crippen LogP contribution >= 0.6 is 11.6 Å². The van der Waals surface area contributed by atoms with Crippen molar-refractivity contribution in [2.75, 3.05) is 19.6 Å².